The molecule has 0 amide bonds. The van der Waals surface area contributed by atoms with Crippen LogP contribution in [0.25, 0.3) is 0 Å². The van der Waals surface area contributed by atoms with Crippen LogP contribution in [0.3, 0.4) is 0 Å². The summed E-state index contributed by atoms with van der Waals surface area (Å²) in [6, 6.07) is 1.41. The van der Waals surface area contributed by atoms with E-state index in [-0.39, 0.29) is 47.1 Å². The Kier molecular flexibility index (Phi) is 1.93. The first kappa shape index (κ1) is 9.09. The summed E-state index contributed by atoms with van der Waals surface area (Å²) in [6.45, 7) is 2.12. The molecular formula is C18H24O2. The van der Waals surface area contributed by atoms with Gasteiger partial charge in [0, 0.05) is 2.74 Å². The van der Waals surface area contributed by atoms with Gasteiger partial charge in [-0.25, -0.2) is 0 Å². The second-order valence-corrected chi connectivity index (χ2v) is 6.92. The van der Waals surface area contributed by atoms with Crippen molar-refractivity contribution in [3.63, 3.8) is 0 Å². The van der Waals surface area contributed by atoms with E-state index in [0.29, 0.717) is 5.56 Å². The summed E-state index contributed by atoms with van der Waals surface area (Å²) in [4.78, 5) is 0. The fraction of sp³-hybridized carbons (Fsp3) is 0.667. The third-order valence-electron chi connectivity index (χ3n) is 6.10. The van der Waals surface area contributed by atoms with Gasteiger partial charge in [0.15, 0.2) is 0 Å². The van der Waals surface area contributed by atoms with E-state index in [0.717, 1.165) is 31.2 Å². The van der Waals surface area contributed by atoms with Crippen LogP contribution in [0.4, 0.5) is 0 Å². The molecule has 1 aromatic rings. The highest BCUT2D eigenvalue weighted by Gasteiger charge is 2.54. The summed E-state index contributed by atoms with van der Waals surface area (Å²) in [5, 5.41) is 20.4. The zero-order chi connectivity index (χ0) is 17.4. The van der Waals surface area contributed by atoms with Gasteiger partial charge in [0.05, 0.1) is 8.85 Å². The van der Waals surface area contributed by atoms with Gasteiger partial charge in [-0.3, -0.25) is 0 Å². The van der Waals surface area contributed by atoms with E-state index in [1.54, 1.807) is 6.07 Å². The van der Waals surface area contributed by atoms with E-state index in [4.69, 9.17) is 5.48 Å². The Labute approximate surface area is 126 Å². The van der Waals surface area contributed by atoms with E-state index in [1.165, 1.54) is 0 Å². The molecule has 3 unspecified atom stereocenters. The van der Waals surface area contributed by atoms with Crippen LogP contribution in [0.5, 0.6) is 5.75 Å². The molecule has 0 saturated heterocycles. The minimum absolute atomic E-state index is 0.0146. The predicted molar refractivity (Wildman–Crippen MR) is 78.7 cm³/mol. The van der Waals surface area contributed by atoms with Gasteiger partial charge < -0.3 is 10.2 Å². The maximum absolute atomic E-state index is 10.4. The molecule has 2 fully saturated rings. The number of hydrogen-bond acceptors (Lipinski definition) is 2. The van der Waals surface area contributed by atoms with Crippen molar-refractivity contribution in [2.75, 3.05) is 0 Å². The Bertz CT molecular complexity index is 694. The molecular weight excluding hydrogens is 248 g/mol. The molecule has 2 N–H and O–H groups in total. The molecule has 0 bridgehead atoms. The fourth-order valence-electron chi connectivity index (χ4n) is 4.91. The maximum atomic E-state index is 10.4. The van der Waals surface area contributed by atoms with Crippen LogP contribution >= 0.6 is 0 Å². The van der Waals surface area contributed by atoms with Gasteiger partial charge in [-0.1, -0.05) is 13.0 Å². The summed E-state index contributed by atoms with van der Waals surface area (Å²) in [5.41, 5.74) is 1.08. The number of fused-ring (bicyclic) bond motifs is 5. The monoisotopic (exact) mass is 280 g/mol. The van der Waals surface area contributed by atoms with Crippen LogP contribution in [0.15, 0.2) is 18.2 Å². The average molecular weight is 280 g/mol. The van der Waals surface area contributed by atoms with Gasteiger partial charge in [0.2, 0.25) is 0 Å². The highest BCUT2D eigenvalue weighted by atomic mass is 16.3. The van der Waals surface area contributed by atoms with Crippen molar-refractivity contribution < 1.29 is 15.7 Å². The number of aliphatic hydroxyl groups is 1. The molecule has 2 heteroatoms. The molecule has 0 radical (unpaired) electrons. The molecule has 0 spiro atoms. The van der Waals surface area contributed by atoms with E-state index in [2.05, 4.69) is 6.92 Å². The van der Waals surface area contributed by atoms with Crippen LogP contribution in [-0.4, -0.2) is 16.3 Å². The lowest BCUT2D eigenvalue weighted by molar-refractivity contribution is -0.0226. The van der Waals surface area contributed by atoms with Crippen LogP contribution in [0.2, 0.25) is 0 Å². The van der Waals surface area contributed by atoms with Crippen molar-refractivity contribution >= 4 is 0 Å². The van der Waals surface area contributed by atoms with Crippen molar-refractivity contribution in [1.82, 2.24) is 0 Å². The van der Waals surface area contributed by atoms with Gasteiger partial charge in [-0.15, -0.1) is 0 Å². The first-order valence-corrected chi connectivity index (χ1v) is 7.63. The van der Waals surface area contributed by atoms with Crippen molar-refractivity contribution in [1.29, 1.82) is 0 Å². The molecule has 3 aliphatic carbocycles. The molecule has 108 valence electrons. The second kappa shape index (κ2) is 4.24. The van der Waals surface area contributed by atoms with Gasteiger partial charge in [0.1, 0.15) is 5.75 Å². The van der Waals surface area contributed by atoms with E-state index in [9.17, 15) is 10.2 Å². The molecule has 0 aliphatic heterocycles. The van der Waals surface area contributed by atoms with Gasteiger partial charge in [-0.05, 0) is 84.9 Å². The van der Waals surface area contributed by atoms with Crippen molar-refractivity contribution in [2.45, 2.75) is 57.4 Å². The maximum Gasteiger partial charge on any atom is 0.115 e. The third kappa shape index (κ3) is 1.60. The molecule has 20 heavy (non-hydrogen) atoms. The number of rotatable bonds is 0. The quantitative estimate of drug-likeness (QED) is 0.762. The summed E-state index contributed by atoms with van der Waals surface area (Å²) >= 11 is 0. The summed E-state index contributed by atoms with van der Waals surface area (Å²) in [6.07, 6.45) is 1.47. The standard InChI is InChI=1S/C18H24O2/c1-18-9-8-14-13-5-3-12(19)10-11(13)2-4-15(14)16(18)6-7-17(18)20/h3,5,10,14-17,19-20H,2,4,6-9H2,1H3/t14-,15-,16+,17?,18+/m1/s1/i2T,3T,4T,10T/t2?,4?,14-,15-,16+,17?,18+. The largest absolute Gasteiger partial charge is 0.508 e. The number of hydrogen-bond donors (Lipinski definition) is 2. The Balaban J connectivity index is 1.86. The van der Waals surface area contributed by atoms with Crippen molar-refractivity contribution in [3.8, 4) is 5.75 Å². The SMILES string of the molecule is [3H]c1cc2c(c([3H])c1O)C([3H])C([3H])[C@@H]1[C@@H]2CC[C@]2(C)C(O)CC[C@@H]12. The molecule has 0 aromatic heterocycles. The summed E-state index contributed by atoms with van der Waals surface area (Å²) < 4.78 is 33.3. The minimum Gasteiger partial charge on any atom is -0.508 e. The summed E-state index contributed by atoms with van der Waals surface area (Å²) in [7, 11) is 0. The molecule has 3 aliphatic rings. The van der Waals surface area contributed by atoms with E-state index < -0.39 is 12.8 Å². The minimum atomic E-state index is -0.875. The van der Waals surface area contributed by atoms with Gasteiger partial charge >= 0.3 is 0 Å². The Morgan fingerprint density at radius 2 is 2.25 bits per heavy atom. The van der Waals surface area contributed by atoms with E-state index >= 15 is 0 Å². The number of aliphatic hydroxyl groups excluding tert-OH is 1. The predicted octanol–water partition coefficient (Wildman–Crippen LogP) is 3.61. The molecule has 2 nitrogen and oxygen atoms in total. The second-order valence-electron chi connectivity index (χ2n) is 6.92. The zero-order valence-corrected chi connectivity index (χ0v) is 11.8. The molecule has 2 saturated carbocycles. The number of phenolic OH excluding ortho intramolecular Hbond substituents is 1. The van der Waals surface area contributed by atoms with Crippen LogP contribution in [0, 0.1) is 17.3 Å². The molecule has 7 atom stereocenters. The highest BCUT2D eigenvalue weighted by Crippen LogP contribution is 2.60. The number of phenols is 1. The average Bonchev–Trinajstić information content (AvgIpc) is 2.85. The van der Waals surface area contributed by atoms with Crippen LogP contribution in [0.1, 0.15) is 61.5 Å². The van der Waals surface area contributed by atoms with Crippen molar-refractivity contribution in [2.24, 2.45) is 17.3 Å². The topological polar surface area (TPSA) is 40.5 Å². The summed E-state index contributed by atoms with van der Waals surface area (Å²) in [5.74, 6) is -0.124. The lowest BCUT2D eigenvalue weighted by Gasteiger charge is -2.50. The Morgan fingerprint density at radius 1 is 1.40 bits per heavy atom. The van der Waals surface area contributed by atoms with E-state index in [1.807, 2.05) is 0 Å². The fourth-order valence-corrected chi connectivity index (χ4v) is 4.91. The Hall–Kier alpha value is -1.02. The first-order valence-electron chi connectivity index (χ1n) is 9.78. The lowest BCUT2D eigenvalue weighted by Crippen LogP contribution is -2.43. The number of benzene rings is 1. The van der Waals surface area contributed by atoms with Gasteiger partial charge in [-0.2, -0.15) is 0 Å². The normalized spacial score (nSPS) is 52.9. The van der Waals surface area contributed by atoms with Crippen LogP contribution < -0.4 is 0 Å². The Morgan fingerprint density at radius 3 is 3.10 bits per heavy atom. The highest BCUT2D eigenvalue weighted by molar-refractivity contribution is 5.40. The molecule has 4 rings (SSSR count). The smallest absolute Gasteiger partial charge is 0.115 e. The third-order valence-corrected chi connectivity index (χ3v) is 6.10. The van der Waals surface area contributed by atoms with Crippen molar-refractivity contribution in [3.05, 3.63) is 29.3 Å². The lowest BCUT2D eigenvalue weighted by atomic mass is 9.55. The molecule has 1 aromatic carbocycles. The molecule has 0 heterocycles. The number of aromatic hydroxyl groups is 1. The van der Waals surface area contributed by atoms with Gasteiger partial charge in [0.25, 0.3) is 0 Å². The first-order chi connectivity index (χ1) is 11.3. The zero-order valence-electron chi connectivity index (χ0n) is 15.8. The van der Waals surface area contributed by atoms with Crippen LogP contribution in [-0.2, 0) is 6.40 Å².